The van der Waals surface area contributed by atoms with E-state index < -0.39 is 17.0 Å². The quantitative estimate of drug-likeness (QED) is 0.780. The summed E-state index contributed by atoms with van der Waals surface area (Å²) in [7, 11) is 0. The maximum absolute atomic E-state index is 14.0. The van der Waals surface area contributed by atoms with Gasteiger partial charge in [-0.2, -0.15) is 4.99 Å². The Balaban J connectivity index is 2.77. The van der Waals surface area contributed by atoms with Crippen LogP contribution in [0, 0.1) is 17.0 Å². The molecule has 2 aromatic rings. The first-order chi connectivity index (χ1) is 9.74. The summed E-state index contributed by atoms with van der Waals surface area (Å²) in [5.74, 6) is -1.64. The molecule has 21 heavy (non-hydrogen) atoms. The van der Waals surface area contributed by atoms with Crippen molar-refractivity contribution in [3.8, 4) is 0 Å². The lowest BCUT2D eigenvalue weighted by Crippen LogP contribution is -2.23. The third kappa shape index (κ3) is 3.10. The van der Waals surface area contributed by atoms with Crippen LogP contribution in [0.3, 0.4) is 0 Å². The average molecular weight is 310 g/mol. The first-order valence-electron chi connectivity index (χ1n) is 6.42. The lowest BCUT2D eigenvalue weighted by molar-refractivity contribution is -0.125. The van der Waals surface area contributed by atoms with Crippen molar-refractivity contribution in [2.75, 3.05) is 0 Å². The Morgan fingerprint density at radius 2 is 2.10 bits per heavy atom. The van der Waals surface area contributed by atoms with E-state index in [-0.39, 0.29) is 11.4 Å². The molecule has 3 nitrogen and oxygen atoms in total. The molecule has 1 aromatic carbocycles. The monoisotopic (exact) mass is 310 g/mol. The number of aromatic nitrogens is 1. The van der Waals surface area contributed by atoms with E-state index in [9.17, 15) is 13.6 Å². The molecule has 0 fully saturated rings. The number of hydrogen-bond acceptors (Lipinski definition) is 2. The van der Waals surface area contributed by atoms with Crippen LogP contribution in [0.5, 0.6) is 0 Å². The number of benzene rings is 1. The van der Waals surface area contributed by atoms with Crippen molar-refractivity contribution in [1.82, 2.24) is 4.57 Å². The van der Waals surface area contributed by atoms with Gasteiger partial charge in [-0.05, 0) is 6.07 Å². The highest BCUT2D eigenvalue weighted by molar-refractivity contribution is 7.16. The predicted molar refractivity (Wildman–Crippen MR) is 80.0 cm³/mol. The summed E-state index contributed by atoms with van der Waals surface area (Å²) in [6.07, 6.45) is 1.58. The Bertz CT molecular complexity index is 781. The second-order valence-corrected chi connectivity index (χ2v) is 6.69. The minimum Gasteiger partial charge on any atom is -0.310 e. The maximum atomic E-state index is 14.0. The van der Waals surface area contributed by atoms with Gasteiger partial charge in [0.25, 0.3) is 5.91 Å². The minimum absolute atomic E-state index is 0.238. The number of carbonyl (C=O) groups excluding carboxylic acids is 1. The fraction of sp³-hybridized carbons (Fsp3) is 0.333. The van der Waals surface area contributed by atoms with Gasteiger partial charge in [0.2, 0.25) is 0 Å². The fourth-order valence-electron chi connectivity index (χ4n) is 1.77. The van der Waals surface area contributed by atoms with Gasteiger partial charge in [-0.15, -0.1) is 6.58 Å². The molecule has 112 valence electrons. The van der Waals surface area contributed by atoms with Crippen LogP contribution in [0.1, 0.15) is 20.8 Å². The molecule has 1 amide bonds. The highest BCUT2D eigenvalue weighted by Gasteiger charge is 2.21. The molecule has 2 rings (SSSR count). The van der Waals surface area contributed by atoms with Gasteiger partial charge in [0, 0.05) is 18.0 Å². The van der Waals surface area contributed by atoms with Crippen molar-refractivity contribution in [3.05, 3.63) is 41.2 Å². The summed E-state index contributed by atoms with van der Waals surface area (Å²) in [6.45, 7) is 9.17. The fourth-order valence-corrected chi connectivity index (χ4v) is 2.84. The molecule has 0 unspecified atom stereocenters. The number of amides is 1. The van der Waals surface area contributed by atoms with E-state index in [1.54, 1.807) is 26.8 Å². The lowest BCUT2D eigenvalue weighted by Gasteiger charge is -2.11. The number of thiazole rings is 1. The smallest absolute Gasteiger partial charge is 0.253 e. The van der Waals surface area contributed by atoms with Crippen LogP contribution in [0.25, 0.3) is 10.2 Å². The van der Waals surface area contributed by atoms with Crippen molar-refractivity contribution in [1.29, 1.82) is 0 Å². The molecule has 0 saturated heterocycles. The van der Waals surface area contributed by atoms with Gasteiger partial charge < -0.3 is 4.57 Å². The highest BCUT2D eigenvalue weighted by Crippen LogP contribution is 2.23. The number of rotatable bonds is 2. The second-order valence-electron chi connectivity index (χ2n) is 5.69. The average Bonchev–Trinajstić information content (AvgIpc) is 2.66. The molecule has 0 aliphatic carbocycles. The third-order valence-electron chi connectivity index (χ3n) is 2.85. The van der Waals surface area contributed by atoms with Gasteiger partial charge in [-0.1, -0.05) is 38.2 Å². The topological polar surface area (TPSA) is 34.4 Å². The zero-order chi connectivity index (χ0) is 15.8. The molecule has 6 heteroatoms. The van der Waals surface area contributed by atoms with Gasteiger partial charge in [0.15, 0.2) is 10.6 Å². The summed E-state index contributed by atoms with van der Waals surface area (Å²) in [6, 6.07) is 2.06. The third-order valence-corrected chi connectivity index (χ3v) is 3.87. The molecular formula is C15H16F2N2OS. The van der Waals surface area contributed by atoms with E-state index in [1.165, 1.54) is 10.6 Å². The predicted octanol–water partition coefficient (Wildman–Crippen LogP) is 3.64. The first-order valence-corrected chi connectivity index (χ1v) is 7.24. The van der Waals surface area contributed by atoms with E-state index in [1.807, 2.05) is 0 Å². The van der Waals surface area contributed by atoms with Crippen LogP contribution in [0.4, 0.5) is 8.78 Å². The number of allylic oxidation sites excluding steroid dienone is 1. The zero-order valence-electron chi connectivity index (χ0n) is 12.1. The van der Waals surface area contributed by atoms with Crippen molar-refractivity contribution in [3.63, 3.8) is 0 Å². The highest BCUT2D eigenvalue weighted by atomic mass is 32.1. The molecule has 0 aliphatic heterocycles. The Morgan fingerprint density at radius 1 is 1.43 bits per heavy atom. The normalized spacial score (nSPS) is 12.9. The molecule has 1 aromatic heterocycles. The van der Waals surface area contributed by atoms with Crippen LogP contribution in [0.2, 0.25) is 0 Å². The molecule has 1 heterocycles. The van der Waals surface area contributed by atoms with Crippen LogP contribution < -0.4 is 4.80 Å². The summed E-state index contributed by atoms with van der Waals surface area (Å²) in [4.78, 5) is 16.5. The Hall–Kier alpha value is -1.82. The summed E-state index contributed by atoms with van der Waals surface area (Å²) in [5.41, 5.74) is -0.395. The Morgan fingerprint density at radius 3 is 2.67 bits per heavy atom. The standard InChI is InChI=1S/C15H16F2N2OS/c1-5-6-19-12-10(17)7-9(16)8-11(12)21-14(19)18-13(20)15(2,3)4/h5,7-8H,1,6H2,2-4H3. The minimum atomic E-state index is -0.673. The van der Waals surface area contributed by atoms with Gasteiger partial charge in [-0.25, -0.2) is 8.78 Å². The number of fused-ring (bicyclic) bond motifs is 1. The summed E-state index contributed by atoms with van der Waals surface area (Å²) < 4.78 is 29.3. The van der Waals surface area contributed by atoms with Gasteiger partial charge >= 0.3 is 0 Å². The Kier molecular flexibility index (Phi) is 4.09. The van der Waals surface area contributed by atoms with Gasteiger partial charge in [0.05, 0.1) is 10.2 Å². The maximum Gasteiger partial charge on any atom is 0.253 e. The van der Waals surface area contributed by atoms with E-state index >= 15 is 0 Å². The molecule has 0 bridgehead atoms. The number of carbonyl (C=O) groups is 1. The van der Waals surface area contributed by atoms with Crippen molar-refractivity contribution in [2.45, 2.75) is 27.3 Å². The molecule has 0 saturated carbocycles. The Labute approximate surface area is 125 Å². The van der Waals surface area contributed by atoms with E-state index in [0.29, 0.717) is 16.0 Å². The van der Waals surface area contributed by atoms with Crippen LogP contribution >= 0.6 is 11.3 Å². The molecule has 0 spiro atoms. The number of halogens is 2. The van der Waals surface area contributed by atoms with Gasteiger partial charge in [-0.3, -0.25) is 4.79 Å². The first kappa shape index (κ1) is 15.6. The van der Waals surface area contributed by atoms with Crippen molar-refractivity contribution in [2.24, 2.45) is 10.4 Å². The largest absolute Gasteiger partial charge is 0.310 e. The molecular weight excluding hydrogens is 294 g/mol. The molecule has 0 radical (unpaired) electrons. The van der Waals surface area contributed by atoms with Crippen molar-refractivity contribution < 1.29 is 13.6 Å². The van der Waals surface area contributed by atoms with Crippen LogP contribution in [-0.2, 0) is 11.3 Å². The number of nitrogens with zero attached hydrogens (tertiary/aromatic N) is 2. The lowest BCUT2D eigenvalue weighted by atomic mass is 9.96. The van der Waals surface area contributed by atoms with Crippen LogP contribution in [-0.4, -0.2) is 10.5 Å². The molecule has 0 aliphatic rings. The second kappa shape index (κ2) is 5.52. The van der Waals surface area contributed by atoms with E-state index in [2.05, 4.69) is 11.6 Å². The van der Waals surface area contributed by atoms with Gasteiger partial charge in [0.1, 0.15) is 5.82 Å². The van der Waals surface area contributed by atoms with E-state index in [0.717, 1.165) is 17.4 Å². The number of hydrogen-bond donors (Lipinski definition) is 0. The zero-order valence-corrected chi connectivity index (χ0v) is 12.9. The SMILES string of the molecule is C=CCn1c(=NC(=O)C(C)(C)C)sc2cc(F)cc(F)c21. The van der Waals surface area contributed by atoms with Crippen molar-refractivity contribution >= 4 is 27.5 Å². The summed E-state index contributed by atoms with van der Waals surface area (Å²) in [5, 5.41) is 0. The molecule has 0 atom stereocenters. The van der Waals surface area contributed by atoms with Crippen LogP contribution in [0.15, 0.2) is 29.8 Å². The molecule has 0 N–H and O–H groups in total. The van der Waals surface area contributed by atoms with E-state index in [4.69, 9.17) is 0 Å². The summed E-state index contributed by atoms with van der Waals surface area (Å²) >= 11 is 1.08.